The number of anilines is 1. The summed E-state index contributed by atoms with van der Waals surface area (Å²) in [5, 5.41) is 7.04. The molecule has 2 heterocycles. The van der Waals surface area contributed by atoms with Crippen LogP contribution in [0.3, 0.4) is 0 Å². The molecule has 0 bridgehead atoms. The van der Waals surface area contributed by atoms with Gasteiger partial charge in [0.25, 0.3) is 0 Å². The van der Waals surface area contributed by atoms with Crippen molar-refractivity contribution in [3.05, 3.63) is 23.9 Å². The molecule has 6 heteroatoms. The van der Waals surface area contributed by atoms with Crippen molar-refractivity contribution in [1.29, 1.82) is 0 Å². The van der Waals surface area contributed by atoms with Crippen molar-refractivity contribution in [3.63, 3.8) is 0 Å². The first kappa shape index (κ1) is 21.9. The van der Waals surface area contributed by atoms with E-state index in [0.717, 1.165) is 50.4 Å². The number of aromatic nitrogens is 1. The Balaban J connectivity index is 1.43. The zero-order valence-corrected chi connectivity index (χ0v) is 18.7. The van der Waals surface area contributed by atoms with E-state index in [-0.39, 0.29) is 0 Å². The SMILES string of the molecule is CN=C(NCc1ccnc(N2CCN(C)CC2)c1)NC(C)CCC1CCCCC1. The van der Waals surface area contributed by atoms with Gasteiger partial charge in [-0.15, -0.1) is 0 Å². The maximum absolute atomic E-state index is 4.59. The third-order valence-electron chi connectivity index (χ3n) is 6.44. The van der Waals surface area contributed by atoms with Crippen LogP contribution in [0.25, 0.3) is 0 Å². The molecule has 1 aliphatic carbocycles. The first-order valence-corrected chi connectivity index (χ1v) is 11.5. The fraction of sp³-hybridized carbons (Fsp3) is 0.739. The Hall–Kier alpha value is -1.82. The lowest BCUT2D eigenvalue weighted by molar-refractivity contribution is 0.312. The number of guanidine groups is 1. The van der Waals surface area contributed by atoms with Gasteiger partial charge in [0, 0.05) is 52.0 Å². The Labute approximate surface area is 177 Å². The minimum atomic E-state index is 0.446. The summed E-state index contributed by atoms with van der Waals surface area (Å²) in [4.78, 5) is 13.8. The Morgan fingerprint density at radius 2 is 1.97 bits per heavy atom. The van der Waals surface area contributed by atoms with Gasteiger partial charge in [0.2, 0.25) is 0 Å². The first-order chi connectivity index (χ1) is 14.1. The van der Waals surface area contributed by atoms with Gasteiger partial charge in [-0.3, -0.25) is 4.99 Å². The molecule has 1 aliphatic heterocycles. The monoisotopic (exact) mass is 400 g/mol. The van der Waals surface area contributed by atoms with E-state index < -0.39 is 0 Å². The molecular weight excluding hydrogens is 360 g/mol. The molecule has 29 heavy (non-hydrogen) atoms. The van der Waals surface area contributed by atoms with Gasteiger partial charge >= 0.3 is 0 Å². The number of nitrogens with one attached hydrogen (secondary N) is 2. The molecular formula is C23H40N6. The number of nitrogens with zero attached hydrogens (tertiary/aromatic N) is 4. The Kier molecular flexibility index (Phi) is 8.59. The average Bonchev–Trinajstić information content (AvgIpc) is 2.76. The fourth-order valence-corrected chi connectivity index (χ4v) is 4.43. The van der Waals surface area contributed by atoms with Crippen molar-refractivity contribution < 1.29 is 0 Å². The van der Waals surface area contributed by atoms with Crippen molar-refractivity contribution in [2.24, 2.45) is 10.9 Å². The first-order valence-electron chi connectivity index (χ1n) is 11.5. The summed E-state index contributed by atoms with van der Waals surface area (Å²) in [5.41, 5.74) is 1.24. The van der Waals surface area contributed by atoms with Crippen LogP contribution >= 0.6 is 0 Å². The summed E-state index contributed by atoms with van der Waals surface area (Å²) >= 11 is 0. The average molecular weight is 401 g/mol. The molecule has 1 aromatic heterocycles. The predicted molar refractivity (Wildman–Crippen MR) is 123 cm³/mol. The lowest BCUT2D eigenvalue weighted by Crippen LogP contribution is -2.45. The molecule has 1 unspecified atom stereocenters. The molecule has 6 nitrogen and oxygen atoms in total. The maximum Gasteiger partial charge on any atom is 0.191 e. The second-order valence-corrected chi connectivity index (χ2v) is 8.87. The predicted octanol–water partition coefficient (Wildman–Crippen LogP) is 3.25. The number of rotatable bonds is 7. The fourth-order valence-electron chi connectivity index (χ4n) is 4.43. The third kappa shape index (κ3) is 7.18. The van der Waals surface area contributed by atoms with Crippen molar-refractivity contribution in [2.45, 2.75) is 64.5 Å². The van der Waals surface area contributed by atoms with Gasteiger partial charge in [-0.25, -0.2) is 4.98 Å². The topological polar surface area (TPSA) is 55.8 Å². The number of likely N-dealkylation sites (N-methyl/N-ethyl adjacent to an activating group) is 1. The highest BCUT2D eigenvalue weighted by atomic mass is 15.3. The van der Waals surface area contributed by atoms with Crippen LogP contribution in [0.5, 0.6) is 0 Å². The molecule has 1 saturated carbocycles. The van der Waals surface area contributed by atoms with Gasteiger partial charge in [-0.2, -0.15) is 0 Å². The molecule has 0 amide bonds. The van der Waals surface area contributed by atoms with Crippen LogP contribution in [0.1, 0.15) is 57.4 Å². The van der Waals surface area contributed by atoms with Crippen molar-refractivity contribution in [2.75, 3.05) is 45.2 Å². The van der Waals surface area contributed by atoms with E-state index in [4.69, 9.17) is 0 Å². The van der Waals surface area contributed by atoms with Crippen molar-refractivity contribution in [3.8, 4) is 0 Å². The molecule has 3 rings (SSSR count). The van der Waals surface area contributed by atoms with Gasteiger partial charge in [-0.1, -0.05) is 32.1 Å². The highest BCUT2D eigenvalue weighted by molar-refractivity contribution is 5.79. The Morgan fingerprint density at radius 1 is 1.21 bits per heavy atom. The van der Waals surface area contributed by atoms with E-state index in [1.165, 1.54) is 50.5 Å². The largest absolute Gasteiger partial charge is 0.354 e. The molecule has 2 N–H and O–H groups in total. The third-order valence-corrected chi connectivity index (χ3v) is 6.44. The maximum atomic E-state index is 4.59. The van der Waals surface area contributed by atoms with Gasteiger partial charge in [0.15, 0.2) is 5.96 Å². The van der Waals surface area contributed by atoms with Gasteiger partial charge in [0.1, 0.15) is 5.82 Å². The lowest BCUT2D eigenvalue weighted by Gasteiger charge is -2.33. The number of aliphatic imine (C=N–C) groups is 1. The lowest BCUT2D eigenvalue weighted by atomic mass is 9.85. The summed E-state index contributed by atoms with van der Waals surface area (Å²) in [7, 11) is 4.03. The number of hydrogen-bond donors (Lipinski definition) is 2. The molecule has 0 spiro atoms. The summed E-state index contributed by atoms with van der Waals surface area (Å²) in [5.74, 6) is 2.91. The highest BCUT2D eigenvalue weighted by Gasteiger charge is 2.16. The second-order valence-electron chi connectivity index (χ2n) is 8.87. The van der Waals surface area contributed by atoms with E-state index in [0.29, 0.717) is 6.04 Å². The van der Waals surface area contributed by atoms with Crippen LogP contribution in [-0.4, -0.2) is 62.2 Å². The molecule has 2 aliphatic rings. The van der Waals surface area contributed by atoms with Gasteiger partial charge in [-0.05, 0) is 50.4 Å². The normalized spacial score (nSPS) is 20.5. The zero-order valence-electron chi connectivity index (χ0n) is 18.7. The van der Waals surface area contributed by atoms with E-state index in [9.17, 15) is 0 Å². The van der Waals surface area contributed by atoms with Crippen molar-refractivity contribution in [1.82, 2.24) is 20.5 Å². The second kappa shape index (κ2) is 11.4. The van der Waals surface area contributed by atoms with Gasteiger partial charge < -0.3 is 20.4 Å². The van der Waals surface area contributed by atoms with Crippen molar-refractivity contribution >= 4 is 11.8 Å². The number of hydrogen-bond acceptors (Lipinski definition) is 4. The van der Waals surface area contributed by atoms with Crippen LogP contribution in [0.15, 0.2) is 23.3 Å². The van der Waals surface area contributed by atoms with Crippen LogP contribution in [0.2, 0.25) is 0 Å². The van der Waals surface area contributed by atoms with Crippen LogP contribution in [0.4, 0.5) is 5.82 Å². The summed E-state index contributed by atoms with van der Waals surface area (Å²) in [6.07, 6.45) is 11.6. The molecule has 1 atom stereocenters. The minimum absolute atomic E-state index is 0.446. The summed E-state index contributed by atoms with van der Waals surface area (Å²) < 4.78 is 0. The minimum Gasteiger partial charge on any atom is -0.354 e. The van der Waals surface area contributed by atoms with E-state index in [1.54, 1.807) is 0 Å². The highest BCUT2D eigenvalue weighted by Crippen LogP contribution is 2.27. The Morgan fingerprint density at radius 3 is 2.69 bits per heavy atom. The number of pyridine rings is 1. The van der Waals surface area contributed by atoms with Crippen LogP contribution < -0.4 is 15.5 Å². The van der Waals surface area contributed by atoms with Gasteiger partial charge in [0.05, 0.1) is 0 Å². The van der Waals surface area contributed by atoms with Crippen LogP contribution in [-0.2, 0) is 6.54 Å². The zero-order chi connectivity index (χ0) is 20.5. The smallest absolute Gasteiger partial charge is 0.191 e. The standard InChI is InChI=1S/C23H40N6/c1-19(9-10-20-7-5-4-6-8-20)27-23(24-2)26-18-21-11-12-25-22(17-21)29-15-13-28(3)14-16-29/h11-12,17,19-20H,4-10,13-16,18H2,1-3H3,(H2,24,26,27). The molecule has 2 fully saturated rings. The Bertz CT molecular complexity index is 632. The van der Waals surface area contributed by atoms with Crippen LogP contribution in [0, 0.1) is 5.92 Å². The molecule has 0 aromatic carbocycles. The van der Waals surface area contributed by atoms with E-state index in [2.05, 4.69) is 56.5 Å². The quantitative estimate of drug-likeness (QED) is 0.544. The molecule has 0 radical (unpaired) electrons. The number of piperazine rings is 1. The van der Waals surface area contributed by atoms with E-state index >= 15 is 0 Å². The summed E-state index contributed by atoms with van der Waals surface area (Å²) in [6.45, 7) is 7.31. The molecule has 1 saturated heterocycles. The summed E-state index contributed by atoms with van der Waals surface area (Å²) in [6, 6.07) is 4.74. The molecule has 162 valence electrons. The van der Waals surface area contributed by atoms with E-state index in [1.807, 2.05) is 13.2 Å². The molecule has 1 aromatic rings.